The van der Waals surface area contributed by atoms with Gasteiger partial charge in [-0.1, -0.05) is 24.3 Å². The third kappa shape index (κ3) is 3.49. The van der Waals surface area contributed by atoms with Crippen molar-refractivity contribution in [3.8, 4) is 0 Å². The second kappa shape index (κ2) is 6.37. The largest absolute Gasteiger partial charge is 0.386 e. The van der Waals surface area contributed by atoms with Crippen LogP contribution < -0.4 is 5.32 Å². The van der Waals surface area contributed by atoms with Gasteiger partial charge in [0, 0.05) is 17.0 Å². The maximum absolute atomic E-state index is 13.6. The van der Waals surface area contributed by atoms with Gasteiger partial charge in [-0.05, 0) is 31.4 Å². The average Bonchev–Trinajstić information content (AvgIpc) is 2.99. The molecule has 0 saturated heterocycles. The number of rotatable bonds is 5. The minimum absolute atomic E-state index is 0.0193. The van der Waals surface area contributed by atoms with Crippen LogP contribution in [-0.2, 0) is 10.2 Å². The highest BCUT2D eigenvalue weighted by molar-refractivity contribution is 7.10. The molecule has 1 aromatic heterocycles. The van der Waals surface area contributed by atoms with Gasteiger partial charge in [-0.3, -0.25) is 4.79 Å². The van der Waals surface area contributed by atoms with Crippen molar-refractivity contribution in [3.05, 3.63) is 58.0 Å². The average molecular weight is 307 g/mol. The van der Waals surface area contributed by atoms with E-state index in [0.717, 1.165) is 4.88 Å². The molecule has 2 rings (SSSR count). The Morgan fingerprint density at radius 3 is 2.67 bits per heavy atom. The number of carbonyl (C=O) groups is 1. The minimum atomic E-state index is -1.06. The van der Waals surface area contributed by atoms with Gasteiger partial charge >= 0.3 is 0 Å². The van der Waals surface area contributed by atoms with E-state index in [1.807, 2.05) is 31.4 Å². The summed E-state index contributed by atoms with van der Waals surface area (Å²) in [5, 5.41) is 14.6. The predicted octanol–water partition coefficient (Wildman–Crippen LogP) is 3.01. The van der Waals surface area contributed by atoms with Crippen molar-refractivity contribution in [2.24, 2.45) is 0 Å². The van der Waals surface area contributed by atoms with Crippen molar-refractivity contribution >= 4 is 17.2 Å². The standard InChI is InChI=1S/C16H18FNO2S/c1-16(2,14-8-5-9-21-14)15(20)18-10-13(19)11-6-3-4-7-12(11)17/h3-9,13,19H,10H2,1-2H3,(H,18,20). The lowest BCUT2D eigenvalue weighted by molar-refractivity contribution is -0.126. The molecule has 0 saturated carbocycles. The van der Waals surface area contributed by atoms with E-state index in [1.54, 1.807) is 12.1 Å². The first-order valence-corrected chi connectivity index (χ1v) is 7.55. The minimum Gasteiger partial charge on any atom is -0.386 e. The van der Waals surface area contributed by atoms with Crippen molar-refractivity contribution in [1.29, 1.82) is 0 Å². The summed E-state index contributed by atoms with van der Waals surface area (Å²) in [6.07, 6.45) is -1.06. The molecule has 1 atom stereocenters. The van der Waals surface area contributed by atoms with Gasteiger partial charge < -0.3 is 10.4 Å². The molecular formula is C16H18FNO2S. The molecule has 1 aromatic carbocycles. The normalized spacial score (nSPS) is 13.0. The van der Waals surface area contributed by atoms with Crippen molar-refractivity contribution in [1.82, 2.24) is 5.32 Å². The Balaban J connectivity index is 2.00. The molecule has 21 heavy (non-hydrogen) atoms. The van der Waals surface area contributed by atoms with Crippen LogP contribution in [0.3, 0.4) is 0 Å². The molecule has 3 nitrogen and oxygen atoms in total. The van der Waals surface area contributed by atoms with E-state index in [2.05, 4.69) is 5.32 Å². The first-order valence-electron chi connectivity index (χ1n) is 6.67. The fourth-order valence-corrected chi connectivity index (χ4v) is 2.86. The van der Waals surface area contributed by atoms with E-state index in [9.17, 15) is 14.3 Å². The number of nitrogens with one attached hydrogen (secondary N) is 1. The molecule has 5 heteroatoms. The van der Waals surface area contributed by atoms with E-state index in [4.69, 9.17) is 0 Å². The maximum Gasteiger partial charge on any atom is 0.231 e. The fourth-order valence-electron chi connectivity index (χ4n) is 2.01. The predicted molar refractivity (Wildman–Crippen MR) is 81.7 cm³/mol. The molecule has 0 aliphatic heterocycles. The zero-order chi connectivity index (χ0) is 15.5. The SMILES string of the molecule is CC(C)(C(=O)NCC(O)c1ccccc1F)c1cccs1. The van der Waals surface area contributed by atoms with Crippen molar-refractivity contribution in [2.75, 3.05) is 6.54 Å². The number of hydrogen-bond acceptors (Lipinski definition) is 3. The molecule has 1 unspecified atom stereocenters. The summed E-state index contributed by atoms with van der Waals surface area (Å²) in [4.78, 5) is 13.2. The number of aliphatic hydroxyl groups excluding tert-OH is 1. The van der Waals surface area contributed by atoms with Crippen LogP contribution in [0.25, 0.3) is 0 Å². The van der Waals surface area contributed by atoms with Crippen LogP contribution in [0.4, 0.5) is 4.39 Å². The number of benzene rings is 1. The van der Waals surface area contributed by atoms with Crippen molar-refractivity contribution < 1.29 is 14.3 Å². The van der Waals surface area contributed by atoms with Gasteiger partial charge in [0.15, 0.2) is 0 Å². The zero-order valence-electron chi connectivity index (χ0n) is 12.0. The van der Waals surface area contributed by atoms with Crippen LogP contribution in [0, 0.1) is 5.82 Å². The van der Waals surface area contributed by atoms with Gasteiger partial charge in [-0.15, -0.1) is 11.3 Å². The number of amides is 1. The molecule has 2 N–H and O–H groups in total. The van der Waals surface area contributed by atoms with E-state index in [0.29, 0.717) is 0 Å². The second-order valence-corrected chi connectivity index (χ2v) is 6.30. The molecular weight excluding hydrogens is 289 g/mol. The number of thiophene rings is 1. The zero-order valence-corrected chi connectivity index (χ0v) is 12.8. The third-order valence-electron chi connectivity index (χ3n) is 3.43. The topological polar surface area (TPSA) is 49.3 Å². The van der Waals surface area contributed by atoms with Crippen LogP contribution >= 0.6 is 11.3 Å². The van der Waals surface area contributed by atoms with Gasteiger partial charge in [0.1, 0.15) is 5.82 Å². The molecule has 1 heterocycles. The van der Waals surface area contributed by atoms with Crippen LogP contribution in [0.15, 0.2) is 41.8 Å². The molecule has 1 amide bonds. The summed E-state index contributed by atoms with van der Waals surface area (Å²) >= 11 is 1.51. The second-order valence-electron chi connectivity index (χ2n) is 5.35. The Morgan fingerprint density at radius 2 is 2.05 bits per heavy atom. The first kappa shape index (κ1) is 15.7. The highest BCUT2D eigenvalue weighted by Gasteiger charge is 2.31. The monoisotopic (exact) mass is 307 g/mol. The van der Waals surface area contributed by atoms with Crippen LogP contribution in [-0.4, -0.2) is 17.6 Å². The summed E-state index contributed by atoms with van der Waals surface area (Å²) in [7, 11) is 0. The van der Waals surface area contributed by atoms with Gasteiger partial charge in [0.05, 0.1) is 11.5 Å². The smallest absolute Gasteiger partial charge is 0.231 e. The summed E-state index contributed by atoms with van der Waals surface area (Å²) in [6.45, 7) is 3.63. The van der Waals surface area contributed by atoms with Crippen molar-refractivity contribution in [2.45, 2.75) is 25.4 Å². The van der Waals surface area contributed by atoms with E-state index < -0.39 is 17.3 Å². The fraction of sp³-hybridized carbons (Fsp3) is 0.312. The number of hydrogen-bond donors (Lipinski definition) is 2. The number of halogens is 1. The Morgan fingerprint density at radius 1 is 1.33 bits per heavy atom. The molecule has 0 aliphatic carbocycles. The Bertz CT molecular complexity index is 610. The van der Waals surface area contributed by atoms with Gasteiger partial charge in [-0.25, -0.2) is 4.39 Å². The summed E-state index contributed by atoms with van der Waals surface area (Å²) in [6, 6.07) is 9.80. The van der Waals surface area contributed by atoms with E-state index >= 15 is 0 Å². The molecule has 0 aliphatic rings. The molecule has 2 aromatic rings. The summed E-state index contributed by atoms with van der Waals surface area (Å²) in [5.74, 6) is -0.669. The Kier molecular flexibility index (Phi) is 4.75. The van der Waals surface area contributed by atoms with Gasteiger partial charge in [-0.2, -0.15) is 0 Å². The van der Waals surface area contributed by atoms with Crippen LogP contribution in [0.5, 0.6) is 0 Å². The molecule has 0 radical (unpaired) electrons. The molecule has 0 spiro atoms. The van der Waals surface area contributed by atoms with E-state index in [1.165, 1.54) is 23.5 Å². The first-order chi connectivity index (χ1) is 9.93. The van der Waals surface area contributed by atoms with Crippen LogP contribution in [0.1, 0.15) is 30.4 Å². The highest BCUT2D eigenvalue weighted by Crippen LogP contribution is 2.27. The van der Waals surface area contributed by atoms with E-state index in [-0.39, 0.29) is 18.0 Å². The maximum atomic E-state index is 13.6. The number of aliphatic hydroxyl groups is 1. The lowest BCUT2D eigenvalue weighted by Crippen LogP contribution is -2.41. The lowest BCUT2D eigenvalue weighted by Gasteiger charge is -2.23. The van der Waals surface area contributed by atoms with Crippen molar-refractivity contribution in [3.63, 3.8) is 0 Å². The quantitative estimate of drug-likeness (QED) is 0.892. The highest BCUT2D eigenvalue weighted by atomic mass is 32.1. The molecule has 0 fully saturated rings. The third-order valence-corrected chi connectivity index (χ3v) is 4.62. The Hall–Kier alpha value is -1.72. The van der Waals surface area contributed by atoms with Gasteiger partial charge in [0.25, 0.3) is 0 Å². The Labute approximate surface area is 127 Å². The van der Waals surface area contributed by atoms with Gasteiger partial charge in [0.2, 0.25) is 5.91 Å². The summed E-state index contributed by atoms with van der Waals surface area (Å²) < 4.78 is 13.6. The lowest BCUT2D eigenvalue weighted by atomic mass is 9.90. The molecule has 112 valence electrons. The summed E-state index contributed by atoms with van der Waals surface area (Å²) in [5.41, 5.74) is -0.491. The molecule has 0 bridgehead atoms. The van der Waals surface area contributed by atoms with Crippen LogP contribution in [0.2, 0.25) is 0 Å². The number of carbonyl (C=O) groups excluding carboxylic acids is 1.